The molecular formula is C13H24. The van der Waals surface area contributed by atoms with E-state index in [0.717, 1.165) is 5.92 Å². The quantitative estimate of drug-likeness (QED) is 0.537. The zero-order valence-electron chi connectivity index (χ0n) is 9.85. The van der Waals surface area contributed by atoms with Gasteiger partial charge in [0, 0.05) is 0 Å². The summed E-state index contributed by atoms with van der Waals surface area (Å²) < 4.78 is 0. The molecule has 0 fully saturated rings. The van der Waals surface area contributed by atoms with Gasteiger partial charge in [-0.3, -0.25) is 0 Å². The minimum atomic E-state index is 0.790. The molecule has 0 aliphatic carbocycles. The van der Waals surface area contributed by atoms with Gasteiger partial charge in [0.05, 0.1) is 0 Å². The van der Waals surface area contributed by atoms with Gasteiger partial charge in [0.1, 0.15) is 0 Å². The van der Waals surface area contributed by atoms with Crippen LogP contribution in [-0.2, 0) is 0 Å². The number of hydrogen-bond acceptors (Lipinski definition) is 0. The van der Waals surface area contributed by atoms with Crippen LogP contribution in [0.25, 0.3) is 0 Å². The summed E-state index contributed by atoms with van der Waals surface area (Å²) in [6.07, 6.45) is 8.33. The molecule has 0 nitrogen and oxygen atoms in total. The Labute approximate surface area is 83.7 Å². The molecule has 0 aromatic rings. The molecule has 0 rings (SSSR count). The standard InChI is InChI=1S/C13H24/c1-11(2)7-6-8-13(5)10-9-12(3)4/h7,10,12H,6,8-9H2,1-5H3/b13-10+. The molecule has 0 spiro atoms. The van der Waals surface area contributed by atoms with Crippen molar-refractivity contribution in [3.8, 4) is 0 Å². The molecule has 0 aliphatic heterocycles. The van der Waals surface area contributed by atoms with E-state index in [2.05, 4.69) is 46.8 Å². The summed E-state index contributed by atoms with van der Waals surface area (Å²) >= 11 is 0. The Balaban J connectivity index is 3.67. The lowest BCUT2D eigenvalue weighted by Gasteiger charge is -2.01. The first kappa shape index (κ1) is 12.5. The van der Waals surface area contributed by atoms with Gasteiger partial charge in [0.25, 0.3) is 0 Å². The van der Waals surface area contributed by atoms with Crippen LogP contribution in [0, 0.1) is 5.92 Å². The van der Waals surface area contributed by atoms with E-state index in [9.17, 15) is 0 Å². The van der Waals surface area contributed by atoms with Crippen molar-refractivity contribution in [2.45, 2.75) is 53.9 Å². The van der Waals surface area contributed by atoms with Gasteiger partial charge in [-0.25, -0.2) is 0 Å². The normalized spacial score (nSPS) is 12.0. The third-order valence-corrected chi connectivity index (χ3v) is 2.03. The van der Waals surface area contributed by atoms with Crippen LogP contribution in [0.5, 0.6) is 0 Å². The van der Waals surface area contributed by atoms with Crippen LogP contribution < -0.4 is 0 Å². The first-order valence-corrected chi connectivity index (χ1v) is 5.31. The van der Waals surface area contributed by atoms with Crippen LogP contribution in [-0.4, -0.2) is 0 Å². The molecule has 0 bridgehead atoms. The fourth-order valence-electron chi connectivity index (χ4n) is 1.13. The highest BCUT2D eigenvalue weighted by atomic mass is 14.0. The van der Waals surface area contributed by atoms with Crippen LogP contribution >= 0.6 is 0 Å². The van der Waals surface area contributed by atoms with Gasteiger partial charge in [-0.05, 0) is 46.0 Å². The SMILES string of the molecule is CC(C)=CCC/C(C)=C/CC(C)C. The van der Waals surface area contributed by atoms with Crippen molar-refractivity contribution >= 4 is 0 Å². The Hall–Kier alpha value is -0.520. The Kier molecular flexibility index (Phi) is 6.66. The molecule has 0 heterocycles. The predicted molar refractivity (Wildman–Crippen MR) is 61.9 cm³/mol. The van der Waals surface area contributed by atoms with Crippen molar-refractivity contribution in [2.75, 3.05) is 0 Å². The monoisotopic (exact) mass is 180 g/mol. The lowest BCUT2D eigenvalue weighted by atomic mass is 10.1. The van der Waals surface area contributed by atoms with Gasteiger partial charge < -0.3 is 0 Å². The molecule has 0 radical (unpaired) electrons. The topological polar surface area (TPSA) is 0 Å². The van der Waals surface area contributed by atoms with Gasteiger partial charge in [0.2, 0.25) is 0 Å². The van der Waals surface area contributed by atoms with Crippen LogP contribution in [0.15, 0.2) is 23.3 Å². The van der Waals surface area contributed by atoms with E-state index in [1.54, 1.807) is 0 Å². The Morgan fingerprint density at radius 1 is 1.08 bits per heavy atom. The molecule has 0 unspecified atom stereocenters. The predicted octanol–water partition coefficient (Wildman–Crippen LogP) is 4.73. The molecule has 0 saturated heterocycles. The molecule has 0 aromatic carbocycles. The average Bonchev–Trinajstić information content (AvgIpc) is 2.00. The lowest BCUT2D eigenvalue weighted by molar-refractivity contribution is 0.659. The van der Waals surface area contributed by atoms with Crippen molar-refractivity contribution in [3.05, 3.63) is 23.3 Å². The first-order valence-electron chi connectivity index (χ1n) is 5.31. The molecule has 0 heteroatoms. The summed E-state index contributed by atoms with van der Waals surface area (Å²) in [5.41, 5.74) is 2.96. The highest BCUT2D eigenvalue weighted by Crippen LogP contribution is 2.10. The highest BCUT2D eigenvalue weighted by molar-refractivity contribution is 5.02. The highest BCUT2D eigenvalue weighted by Gasteiger charge is 1.91. The van der Waals surface area contributed by atoms with Gasteiger partial charge in [-0.1, -0.05) is 37.1 Å². The second-order valence-corrected chi connectivity index (χ2v) is 4.50. The fourth-order valence-corrected chi connectivity index (χ4v) is 1.13. The van der Waals surface area contributed by atoms with Crippen molar-refractivity contribution < 1.29 is 0 Å². The zero-order chi connectivity index (χ0) is 10.3. The van der Waals surface area contributed by atoms with Crippen LogP contribution in [0.3, 0.4) is 0 Å². The fraction of sp³-hybridized carbons (Fsp3) is 0.692. The minimum absolute atomic E-state index is 0.790. The summed E-state index contributed by atoms with van der Waals surface area (Å²) in [7, 11) is 0. The summed E-state index contributed by atoms with van der Waals surface area (Å²) in [5, 5.41) is 0. The summed E-state index contributed by atoms with van der Waals surface area (Å²) in [6.45, 7) is 11.1. The maximum absolute atomic E-state index is 2.38. The Morgan fingerprint density at radius 2 is 1.69 bits per heavy atom. The third kappa shape index (κ3) is 9.39. The van der Waals surface area contributed by atoms with E-state index in [1.807, 2.05) is 0 Å². The molecule has 76 valence electrons. The Morgan fingerprint density at radius 3 is 2.15 bits per heavy atom. The van der Waals surface area contributed by atoms with Crippen molar-refractivity contribution in [3.63, 3.8) is 0 Å². The summed E-state index contributed by atoms with van der Waals surface area (Å²) in [4.78, 5) is 0. The molecule has 0 aromatic heterocycles. The van der Waals surface area contributed by atoms with E-state index < -0.39 is 0 Å². The second kappa shape index (κ2) is 6.94. The molecule has 0 amide bonds. The Bertz CT molecular complexity index is 178. The third-order valence-electron chi connectivity index (χ3n) is 2.03. The number of hydrogen-bond donors (Lipinski definition) is 0. The molecule has 0 N–H and O–H groups in total. The minimum Gasteiger partial charge on any atom is -0.0856 e. The summed E-state index contributed by atoms with van der Waals surface area (Å²) in [5.74, 6) is 0.790. The van der Waals surface area contributed by atoms with Crippen molar-refractivity contribution in [1.82, 2.24) is 0 Å². The largest absolute Gasteiger partial charge is 0.0856 e. The molecule has 0 aliphatic rings. The van der Waals surface area contributed by atoms with Gasteiger partial charge in [-0.15, -0.1) is 0 Å². The van der Waals surface area contributed by atoms with Gasteiger partial charge in [0.15, 0.2) is 0 Å². The smallest absolute Gasteiger partial charge is 0.0288 e. The van der Waals surface area contributed by atoms with E-state index in [4.69, 9.17) is 0 Å². The van der Waals surface area contributed by atoms with Gasteiger partial charge >= 0.3 is 0 Å². The average molecular weight is 180 g/mol. The van der Waals surface area contributed by atoms with E-state index in [-0.39, 0.29) is 0 Å². The van der Waals surface area contributed by atoms with Crippen LogP contribution in [0.2, 0.25) is 0 Å². The van der Waals surface area contributed by atoms with Crippen molar-refractivity contribution in [1.29, 1.82) is 0 Å². The molecule has 0 atom stereocenters. The number of allylic oxidation sites excluding steroid dienone is 4. The molecule has 13 heavy (non-hydrogen) atoms. The second-order valence-electron chi connectivity index (χ2n) is 4.50. The maximum atomic E-state index is 2.38. The van der Waals surface area contributed by atoms with E-state index >= 15 is 0 Å². The molecular weight excluding hydrogens is 156 g/mol. The van der Waals surface area contributed by atoms with Crippen LogP contribution in [0.1, 0.15) is 53.9 Å². The van der Waals surface area contributed by atoms with E-state index in [1.165, 1.54) is 30.4 Å². The lowest BCUT2D eigenvalue weighted by Crippen LogP contribution is -1.84. The van der Waals surface area contributed by atoms with Crippen LogP contribution in [0.4, 0.5) is 0 Å². The first-order chi connectivity index (χ1) is 6.02. The maximum Gasteiger partial charge on any atom is -0.0288 e. The van der Waals surface area contributed by atoms with Crippen molar-refractivity contribution in [2.24, 2.45) is 5.92 Å². The zero-order valence-corrected chi connectivity index (χ0v) is 9.85. The number of rotatable bonds is 5. The summed E-state index contributed by atoms with van der Waals surface area (Å²) in [6, 6.07) is 0. The van der Waals surface area contributed by atoms with E-state index in [0.29, 0.717) is 0 Å². The van der Waals surface area contributed by atoms with Gasteiger partial charge in [-0.2, -0.15) is 0 Å². The molecule has 0 saturated carbocycles.